The number of carbonyl (C=O) groups is 1. The molecule has 0 N–H and O–H groups in total. The van der Waals surface area contributed by atoms with E-state index < -0.39 is 33.9 Å². The summed E-state index contributed by atoms with van der Waals surface area (Å²) in [5, 5.41) is 23.0. The Labute approximate surface area is 377 Å². The predicted octanol–water partition coefficient (Wildman–Crippen LogP) is 8.78. The monoisotopic (exact) mass is 930 g/mol. The number of ketones is 1. The number of hydrogen-bond donors (Lipinski definition) is 2. The molecule has 2 fully saturated rings. The van der Waals surface area contributed by atoms with Crippen LogP contribution in [0.2, 0.25) is 20.1 Å². The van der Waals surface area contributed by atoms with Gasteiger partial charge >= 0.3 is 0 Å². The summed E-state index contributed by atoms with van der Waals surface area (Å²) in [5.74, 6) is 1.39. The summed E-state index contributed by atoms with van der Waals surface area (Å²) in [6.45, 7) is 10.3. The molecule has 4 aliphatic heterocycles. The van der Waals surface area contributed by atoms with Crippen molar-refractivity contribution in [2.24, 2.45) is 0 Å². The summed E-state index contributed by atoms with van der Waals surface area (Å²) in [5.41, 5.74) is 3.77. The standard InChI is InChI=1S/C43H50Cl4N8O3S2/c1-29-39(46)42(59-21-5-6-22-59)48-54(29)27-35(52-17-13-50(14-18-52)31-9-11-33(44)37(25-31)57-3)41(56)36(28-55-30(2)40(47)43(49-55)60-23-7-8-24-60)53-19-15-51(16-20-53)32-10-12-34(45)38(26-32)58-4/h5-12,21-26,35-36,59-60H,13-20,27-28H2,1-4H3. The maximum absolute atomic E-state index is 15.8. The molecule has 60 heavy (non-hydrogen) atoms. The van der Waals surface area contributed by atoms with Crippen molar-refractivity contribution in [3.05, 3.63) is 114 Å². The molecule has 2 aromatic heterocycles. The smallest absolute Gasteiger partial charge is 0.170 e. The fraction of sp³-hybridized carbons (Fsp3) is 0.372. The third kappa shape index (κ3) is 8.87. The quantitative estimate of drug-likeness (QED) is 0.121. The van der Waals surface area contributed by atoms with Crippen molar-refractivity contribution < 1.29 is 14.3 Å². The molecule has 0 spiro atoms. The second-order valence-electron chi connectivity index (χ2n) is 15.1. The lowest BCUT2D eigenvalue weighted by atomic mass is 9.99. The fourth-order valence-electron chi connectivity index (χ4n) is 8.25. The van der Waals surface area contributed by atoms with Crippen molar-refractivity contribution in [3.63, 3.8) is 0 Å². The molecule has 4 aromatic rings. The van der Waals surface area contributed by atoms with Crippen molar-refractivity contribution in [2.45, 2.75) is 49.1 Å². The molecule has 2 aromatic carbocycles. The highest BCUT2D eigenvalue weighted by Crippen LogP contribution is 2.47. The summed E-state index contributed by atoms with van der Waals surface area (Å²) in [4.78, 5) is 25.1. The van der Waals surface area contributed by atoms with Gasteiger partial charge in [0, 0.05) is 75.9 Å². The van der Waals surface area contributed by atoms with Crippen LogP contribution in [0.3, 0.4) is 0 Å². The van der Waals surface area contributed by atoms with E-state index in [0.717, 1.165) is 59.0 Å². The van der Waals surface area contributed by atoms with Crippen molar-refractivity contribution in [3.8, 4) is 11.5 Å². The number of piperazine rings is 2. The van der Waals surface area contributed by atoms with E-state index in [1.54, 1.807) is 14.2 Å². The van der Waals surface area contributed by atoms with E-state index >= 15 is 4.79 Å². The molecule has 0 radical (unpaired) electrons. The van der Waals surface area contributed by atoms with Crippen LogP contribution in [0, 0.1) is 13.8 Å². The first-order valence-electron chi connectivity index (χ1n) is 20.0. The predicted molar refractivity (Wildman–Crippen MR) is 251 cm³/mol. The molecule has 320 valence electrons. The van der Waals surface area contributed by atoms with E-state index in [9.17, 15) is 0 Å². The van der Waals surface area contributed by atoms with Gasteiger partial charge in [-0.2, -0.15) is 32.0 Å². The Hall–Kier alpha value is -3.53. The Morgan fingerprint density at radius 2 is 0.983 bits per heavy atom. The maximum atomic E-state index is 15.8. The Balaban J connectivity index is 1.12. The van der Waals surface area contributed by atoms with Gasteiger partial charge in [0.1, 0.15) is 21.6 Å². The Kier molecular flexibility index (Phi) is 13.5. The fourth-order valence-corrected chi connectivity index (χ4v) is 12.6. The van der Waals surface area contributed by atoms with Gasteiger partial charge in [-0.25, -0.2) is 0 Å². The molecule has 4 aliphatic rings. The summed E-state index contributed by atoms with van der Waals surface area (Å²) in [7, 11) is 1.75. The Morgan fingerprint density at radius 3 is 1.33 bits per heavy atom. The van der Waals surface area contributed by atoms with Crippen LogP contribution in [-0.4, -0.2) is 114 Å². The summed E-state index contributed by atoms with van der Waals surface area (Å²) >= 11 is 26.8. The van der Waals surface area contributed by atoms with Crippen LogP contribution < -0.4 is 19.3 Å². The van der Waals surface area contributed by atoms with E-state index in [4.69, 9.17) is 66.1 Å². The largest absolute Gasteiger partial charge is 0.495 e. The molecule has 0 saturated carbocycles. The number of benzene rings is 2. The molecule has 2 unspecified atom stereocenters. The number of ether oxygens (including phenoxy) is 2. The van der Waals surface area contributed by atoms with Crippen LogP contribution in [-0.2, 0) is 17.9 Å². The van der Waals surface area contributed by atoms with Crippen molar-refractivity contribution >= 4 is 85.4 Å². The summed E-state index contributed by atoms with van der Waals surface area (Å²) < 4.78 is 15.0. The van der Waals surface area contributed by atoms with Gasteiger partial charge in [0.15, 0.2) is 5.78 Å². The van der Waals surface area contributed by atoms with Crippen LogP contribution in [0.4, 0.5) is 11.4 Å². The molecule has 2 atom stereocenters. The van der Waals surface area contributed by atoms with Gasteiger partial charge in [0.05, 0.1) is 70.9 Å². The number of halogens is 4. The van der Waals surface area contributed by atoms with Crippen molar-refractivity contribution in [1.29, 1.82) is 0 Å². The number of aromatic nitrogens is 4. The first kappa shape index (κ1) is 43.1. The number of methoxy groups -OCH3 is 2. The SMILES string of the molecule is COc1cc(N2CCN(C(Cn3nc([SH]4C=CC=C4)c(Cl)c3C)C(=O)C(Cn3nc([SH]4C=CC=C4)c(Cl)c3C)N3CCN(c4ccc(Cl)c(OC)c4)CC3)CC2)ccc1Cl. The van der Waals surface area contributed by atoms with Gasteiger partial charge in [-0.3, -0.25) is 24.0 Å². The third-order valence-corrected chi connectivity index (χ3v) is 17.2. The Morgan fingerprint density at radius 1 is 0.617 bits per heavy atom. The van der Waals surface area contributed by atoms with Gasteiger partial charge in [-0.15, -0.1) is 0 Å². The Bertz CT molecular complexity index is 2170. The zero-order valence-electron chi connectivity index (χ0n) is 34.0. The van der Waals surface area contributed by atoms with Crippen molar-refractivity contribution in [1.82, 2.24) is 29.4 Å². The van der Waals surface area contributed by atoms with Crippen LogP contribution >= 0.6 is 68.2 Å². The van der Waals surface area contributed by atoms with Crippen molar-refractivity contribution in [2.75, 3.05) is 76.4 Å². The molecular formula is C43H50Cl4N8O3S2. The minimum absolute atomic E-state index is 0.121. The van der Waals surface area contributed by atoms with Crippen LogP contribution in [0.1, 0.15) is 11.4 Å². The molecule has 2 saturated heterocycles. The summed E-state index contributed by atoms with van der Waals surface area (Å²) in [6, 6.07) is 10.7. The zero-order chi connectivity index (χ0) is 42.1. The molecule has 0 amide bonds. The van der Waals surface area contributed by atoms with E-state index in [1.807, 2.05) is 83.9 Å². The van der Waals surface area contributed by atoms with Crippen LogP contribution in [0.15, 0.2) is 92.4 Å². The molecule has 0 aliphatic carbocycles. The lowest BCUT2D eigenvalue weighted by Gasteiger charge is -2.43. The minimum Gasteiger partial charge on any atom is -0.495 e. The number of rotatable bonds is 14. The topological polar surface area (TPSA) is 84.1 Å². The first-order valence-corrected chi connectivity index (χ1v) is 24.4. The number of anilines is 2. The number of allylic oxidation sites excluding steroid dienone is 4. The van der Waals surface area contributed by atoms with Crippen LogP contribution in [0.5, 0.6) is 11.5 Å². The number of carbonyl (C=O) groups excluding carboxylic acids is 1. The molecule has 8 rings (SSSR count). The highest BCUT2D eigenvalue weighted by Gasteiger charge is 2.39. The second kappa shape index (κ2) is 18.8. The van der Waals surface area contributed by atoms with Gasteiger partial charge in [0.2, 0.25) is 0 Å². The van der Waals surface area contributed by atoms with Gasteiger partial charge in [-0.1, -0.05) is 70.7 Å². The van der Waals surface area contributed by atoms with E-state index in [-0.39, 0.29) is 5.78 Å². The number of hydrogen-bond acceptors (Lipinski definition) is 9. The normalized spacial score (nSPS) is 19.2. The van der Waals surface area contributed by atoms with E-state index in [0.29, 0.717) is 70.9 Å². The number of thiol groups is 2. The van der Waals surface area contributed by atoms with Gasteiger partial charge in [0.25, 0.3) is 0 Å². The van der Waals surface area contributed by atoms with Crippen LogP contribution in [0.25, 0.3) is 0 Å². The first-order chi connectivity index (χ1) is 29.0. The van der Waals surface area contributed by atoms with Gasteiger partial charge in [-0.05, 0) is 59.7 Å². The maximum Gasteiger partial charge on any atom is 0.170 e. The third-order valence-electron chi connectivity index (χ3n) is 11.8. The molecule has 17 heteroatoms. The molecular weight excluding hydrogens is 882 g/mol. The number of nitrogens with zero attached hydrogens (tertiary/aromatic N) is 8. The van der Waals surface area contributed by atoms with Gasteiger partial charge < -0.3 is 19.3 Å². The van der Waals surface area contributed by atoms with E-state index in [1.165, 1.54) is 0 Å². The molecule has 11 nitrogen and oxygen atoms in total. The lowest BCUT2D eigenvalue weighted by Crippen LogP contribution is -2.61. The summed E-state index contributed by atoms with van der Waals surface area (Å²) in [6.07, 6.45) is 8.17. The average molecular weight is 933 g/mol. The minimum atomic E-state index is -0.753. The molecule has 6 heterocycles. The average Bonchev–Trinajstić information content (AvgIpc) is 4.10. The van der Waals surface area contributed by atoms with E-state index in [2.05, 4.69) is 41.2 Å². The lowest BCUT2D eigenvalue weighted by molar-refractivity contribution is -0.131. The highest BCUT2D eigenvalue weighted by atomic mass is 35.5. The second-order valence-corrected chi connectivity index (χ2v) is 20.3. The zero-order valence-corrected chi connectivity index (χ0v) is 38.8. The number of Topliss-reactive ketones (excluding diaryl/α,β-unsaturated/α-hetero) is 1. The highest BCUT2D eigenvalue weighted by molar-refractivity contribution is 8.22. The molecule has 0 bridgehead atoms.